The molecule has 1 atom stereocenters. The zero-order valence-electron chi connectivity index (χ0n) is 17.5. The Bertz CT molecular complexity index is 1350. The molecule has 32 heavy (non-hydrogen) atoms. The van der Waals surface area contributed by atoms with Crippen LogP contribution < -0.4 is 15.2 Å². The van der Waals surface area contributed by atoms with Gasteiger partial charge in [0, 0.05) is 16.5 Å². The third kappa shape index (κ3) is 3.82. The van der Waals surface area contributed by atoms with Crippen LogP contribution in [0.25, 0.3) is 0 Å². The highest BCUT2D eigenvalue weighted by Gasteiger charge is 2.56. The highest BCUT2D eigenvalue weighted by Crippen LogP contribution is 2.58. The summed E-state index contributed by atoms with van der Waals surface area (Å²) in [7, 11) is -2.89. The normalized spacial score (nSPS) is 16.0. The number of benzene rings is 2. The molecule has 4 rings (SSSR count). The smallest absolute Gasteiger partial charge is 0.434 e. The summed E-state index contributed by atoms with van der Waals surface area (Å²) in [5.41, 5.74) is 0.961. The van der Waals surface area contributed by atoms with Crippen molar-refractivity contribution in [2.24, 2.45) is 0 Å². The first-order valence-corrected chi connectivity index (χ1v) is 11.6. The summed E-state index contributed by atoms with van der Waals surface area (Å²) < 4.78 is 54.7. The molecule has 0 aliphatic heterocycles. The molecule has 0 unspecified atom stereocenters. The Morgan fingerprint density at radius 2 is 2.00 bits per heavy atom. The van der Waals surface area contributed by atoms with Crippen molar-refractivity contribution in [1.29, 1.82) is 0 Å². The number of hydrogen-bond donors (Lipinski definition) is 2. The minimum absolute atomic E-state index is 0.0370. The topological polar surface area (TPSA) is 114 Å². The molecule has 170 valence electrons. The van der Waals surface area contributed by atoms with Crippen molar-refractivity contribution in [1.82, 2.24) is 14.9 Å². The van der Waals surface area contributed by atoms with Crippen LogP contribution in [0.3, 0.4) is 0 Å². The first-order valence-electron chi connectivity index (χ1n) is 9.76. The molecule has 3 aromatic rings. The molecule has 0 amide bonds. The van der Waals surface area contributed by atoms with E-state index < -0.39 is 33.1 Å². The summed E-state index contributed by atoms with van der Waals surface area (Å²) in [6.45, 7) is 3.63. The standard InChI is InChI=1S/C21H21ClFN3O5S/c1-11-4-6-14(23)17(12(11)2)21(8-9-21)18(19-24-25-20(27)31-19)26-32(28,29)16-7-5-13(22)10-15(16)30-3/h4-7,10,18,26H,8-9H2,1-3H3,(H,25,27)/t18-/m1/s1. The van der Waals surface area contributed by atoms with Crippen molar-refractivity contribution in [3.05, 3.63) is 74.3 Å². The van der Waals surface area contributed by atoms with Gasteiger partial charge < -0.3 is 9.15 Å². The Balaban J connectivity index is 1.86. The molecule has 0 saturated heterocycles. The predicted molar refractivity (Wildman–Crippen MR) is 115 cm³/mol. The first kappa shape index (κ1) is 22.5. The fourth-order valence-corrected chi connectivity index (χ4v) is 5.64. The zero-order chi connectivity index (χ0) is 23.3. The van der Waals surface area contributed by atoms with E-state index in [1.807, 2.05) is 6.92 Å². The third-order valence-electron chi connectivity index (χ3n) is 5.91. The third-order valence-corrected chi connectivity index (χ3v) is 7.61. The highest BCUT2D eigenvalue weighted by atomic mass is 35.5. The number of aromatic nitrogens is 2. The summed E-state index contributed by atoms with van der Waals surface area (Å²) in [6.07, 6.45) is 0.936. The van der Waals surface area contributed by atoms with Crippen molar-refractivity contribution in [2.75, 3.05) is 7.11 Å². The van der Waals surface area contributed by atoms with Crippen LogP contribution in [0.4, 0.5) is 4.39 Å². The van der Waals surface area contributed by atoms with Gasteiger partial charge in [0.2, 0.25) is 15.9 Å². The molecule has 0 spiro atoms. The monoisotopic (exact) mass is 481 g/mol. The van der Waals surface area contributed by atoms with Gasteiger partial charge >= 0.3 is 5.76 Å². The lowest BCUT2D eigenvalue weighted by Crippen LogP contribution is -2.38. The molecule has 8 nitrogen and oxygen atoms in total. The fraction of sp³-hybridized carbons (Fsp3) is 0.333. The molecule has 1 saturated carbocycles. The molecule has 0 bridgehead atoms. The number of rotatable bonds is 7. The number of nitrogens with zero attached hydrogens (tertiary/aromatic N) is 1. The molecule has 11 heteroatoms. The van der Waals surface area contributed by atoms with Crippen LogP contribution in [0.2, 0.25) is 5.02 Å². The number of halogens is 2. The number of sulfonamides is 1. The number of nitrogens with one attached hydrogen (secondary N) is 2. The summed E-state index contributed by atoms with van der Waals surface area (Å²) in [4.78, 5) is 11.5. The van der Waals surface area contributed by atoms with Gasteiger partial charge in [0.1, 0.15) is 22.5 Å². The first-order chi connectivity index (χ1) is 15.1. The lowest BCUT2D eigenvalue weighted by atomic mass is 9.83. The molecule has 2 N–H and O–H groups in total. The summed E-state index contributed by atoms with van der Waals surface area (Å²) in [6, 6.07) is 5.97. The Morgan fingerprint density at radius 1 is 1.28 bits per heavy atom. The maximum absolute atomic E-state index is 15.0. The van der Waals surface area contributed by atoms with E-state index in [4.69, 9.17) is 20.8 Å². The average molecular weight is 482 g/mol. The van der Waals surface area contributed by atoms with E-state index in [1.165, 1.54) is 31.4 Å². The van der Waals surface area contributed by atoms with Crippen LogP contribution in [0.15, 0.2) is 44.4 Å². The Kier molecular flexibility index (Phi) is 5.64. The van der Waals surface area contributed by atoms with E-state index in [1.54, 1.807) is 13.0 Å². The van der Waals surface area contributed by atoms with E-state index in [0.29, 0.717) is 29.0 Å². The fourth-order valence-electron chi connectivity index (χ4n) is 4.06. The molecule has 1 aliphatic rings. The molecule has 1 heterocycles. The number of aromatic amines is 1. The van der Waals surface area contributed by atoms with Gasteiger partial charge in [0.15, 0.2) is 0 Å². The molecule has 1 aromatic heterocycles. The molecular formula is C21H21ClFN3O5S. The van der Waals surface area contributed by atoms with Gasteiger partial charge in [-0.1, -0.05) is 17.7 Å². The van der Waals surface area contributed by atoms with Gasteiger partial charge in [-0.05, 0) is 61.6 Å². The van der Waals surface area contributed by atoms with Gasteiger partial charge in [-0.25, -0.2) is 22.7 Å². The maximum atomic E-state index is 15.0. The van der Waals surface area contributed by atoms with Crippen molar-refractivity contribution in [2.45, 2.75) is 43.0 Å². The second kappa shape index (κ2) is 8.02. The molecule has 0 radical (unpaired) electrons. The van der Waals surface area contributed by atoms with Gasteiger partial charge in [0.05, 0.1) is 7.11 Å². The van der Waals surface area contributed by atoms with Gasteiger partial charge in [-0.3, -0.25) is 0 Å². The average Bonchev–Trinajstić information content (AvgIpc) is 3.42. The highest BCUT2D eigenvalue weighted by molar-refractivity contribution is 7.89. The van der Waals surface area contributed by atoms with Gasteiger partial charge in [0.25, 0.3) is 0 Å². The largest absolute Gasteiger partial charge is 0.495 e. The minimum Gasteiger partial charge on any atom is -0.495 e. The SMILES string of the molecule is COc1cc(Cl)ccc1S(=O)(=O)N[C@H](c1n[nH]c(=O)o1)C1(c2c(F)ccc(C)c2C)CC1. The maximum Gasteiger partial charge on any atom is 0.434 e. The second-order valence-electron chi connectivity index (χ2n) is 7.82. The van der Waals surface area contributed by atoms with Crippen LogP contribution in [0, 0.1) is 19.7 Å². The molecular weight excluding hydrogens is 461 g/mol. The summed E-state index contributed by atoms with van der Waals surface area (Å²) in [5.74, 6) is -1.44. The van der Waals surface area contributed by atoms with Crippen LogP contribution >= 0.6 is 11.6 Å². The van der Waals surface area contributed by atoms with Crippen LogP contribution in [0.5, 0.6) is 5.75 Å². The van der Waals surface area contributed by atoms with Gasteiger partial charge in [-0.15, -0.1) is 5.10 Å². The van der Waals surface area contributed by atoms with Crippen LogP contribution in [-0.2, 0) is 15.4 Å². The minimum atomic E-state index is -4.22. The van der Waals surface area contributed by atoms with E-state index in [9.17, 15) is 13.2 Å². The molecule has 2 aromatic carbocycles. The quantitative estimate of drug-likeness (QED) is 0.533. The predicted octanol–water partition coefficient (Wildman–Crippen LogP) is 3.53. The Hall–Kier alpha value is -2.69. The van der Waals surface area contributed by atoms with Crippen molar-refractivity contribution >= 4 is 21.6 Å². The van der Waals surface area contributed by atoms with Crippen molar-refractivity contribution < 1.29 is 22.0 Å². The number of hydrogen-bond acceptors (Lipinski definition) is 6. The number of H-pyrrole nitrogens is 1. The van der Waals surface area contributed by atoms with Crippen LogP contribution in [0.1, 0.15) is 41.5 Å². The zero-order valence-corrected chi connectivity index (χ0v) is 19.1. The van der Waals surface area contributed by atoms with Crippen molar-refractivity contribution in [3.63, 3.8) is 0 Å². The summed E-state index contributed by atoms with van der Waals surface area (Å²) >= 11 is 5.96. The van der Waals surface area contributed by atoms with E-state index in [0.717, 1.165) is 5.56 Å². The lowest BCUT2D eigenvalue weighted by Gasteiger charge is -2.28. The number of ether oxygens (including phenoxy) is 1. The Morgan fingerprint density at radius 3 is 2.59 bits per heavy atom. The van der Waals surface area contributed by atoms with E-state index >= 15 is 4.39 Å². The Labute approximate surface area is 188 Å². The van der Waals surface area contributed by atoms with Gasteiger partial charge in [-0.2, -0.15) is 4.72 Å². The molecule has 1 aliphatic carbocycles. The molecule has 1 fully saturated rings. The lowest BCUT2D eigenvalue weighted by molar-refractivity contribution is 0.355. The van der Waals surface area contributed by atoms with Crippen LogP contribution in [-0.4, -0.2) is 25.7 Å². The number of aryl methyl sites for hydroxylation is 1. The van der Waals surface area contributed by atoms with Crippen molar-refractivity contribution in [3.8, 4) is 5.75 Å². The summed E-state index contributed by atoms with van der Waals surface area (Å²) in [5, 5.41) is 6.31. The van der Waals surface area contributed by atoms with E-state index in [-0.39, 0.29) is 16.5 Å². The van der Waals surface area contributed by atoms with E-state index in [2.05, 4.69) is 14.9 Å². The number of methoxy groups -OCH3 is 1. The second-order valence-corrected chi connectivity index (χ2v) is 9.94.